The highest BCUT2D eigenvalue weighted by Gasteiger charge is 2.14. The second-order valence-electron chi connectivity index (χ2n) is 5.16. The summed E-state index contributed by atoms with van der Waals surface area (Å²) in [7, 11) is 0. The largest absolute Gasteiger partial charge is 0.448 e. The smallest absolute Gasteiger partial charge is 0.273 e. The number of pyridine rings is 1. The van der Waals surface area contributed by atoms with E-state index in [2.05, 4.69) is 20.2 Å². The van der Waals surface area contributed by atoms with Crippen molar-refractivity contribution in [3.63, 3.8) is 0 Å². The van der Waals surface area contributed by atoms with Gasteiger partial charge in [0.1, 0.15) is 11.6 Å². The summed E-state index contributed by atoms with van der Waals surface area (Å²) in [4.78, 5) is 22.5. The normalized spacial score (nSPS) is 14.4. The zero-order chi connectivity index (χ0) is 14.7. The summed E-state index contributed by atoms with van der Waals surface area (Å²) >= 11 is 0. The van der Waals surface area contributed by atoms with Gasteiger partial charge in [-0.15, -0.1) is 0 Å². The molecule has 0 saturated carbocycles. The number of nitrogens with one attached hydrogen (secondary N) is 1. The lowest BCUT2D eigenvalue weighted by Gasteiger charge is -2.16. The van der Waals surface area contributed by atoms with Crippen LogP contribution >= 0.6 is 0 Å². The lowest BCUT2D eigenvalue weighted by atomic mass is 10.2. The Balaban J connectivity index is 1.58. The number of rotatable bonds is 4. The van der Waals surface area contributed by atoms with Gasteiger partial charge in [0.25, 0.3) is 5.91 Å². The first kappa shape index (κ1) is 13.6. The molecule has 1 aliphatic heterocycles. The average molecular weight is 286 g/mol. The molecule has 6 heteroatoms. The maximum atomic E-state index is 11.9. The fourth-order valence-electron chi connectivity index (χ4n) is 2.44. The van der Waals surface area contributed by atoms with Gasteiger partial charge in [-0.2, -0.15) is 0 Å². The number of aryl methyl sites for hydroxylation is 1. The number of amides is 1. The van der Waals surface area contributed by atoms with E-state index in [9.17, 15) is 4.79 Å². The quantitative estimate of drug-likeness (QED) is 0.929. The topological polar surface area (TPSA) is 71.3 Å². The molecule has 0 unspecified atom stereocenters. The Labute approximate surface area is 123 Å². The first-order valence-electron chi connectivity index (χ1n) is 7.12. The summed E-state index contributed by atoms with van der Waals surface area (Å²) in [6.07, 6.45) is 5.55. The van der Waals surface area contributed by atoms with Crippen LogP contribution in [0.25, 0.3) is 0 Å². The van der Waals surface area contributed by atoms with Crippen molar-refractivity contribution in [2.45, 2.75) is 26.3 Å². The molecule has 3 rings (SSSR count). The summed E-state index contributed by atoms with van der Waals surface area (Å²) in [5, 5.41) is 2.82. The van der Waals surface area contributed by atoms with Crippen LogP contribution in [-0.2, 0) is 6.54 Å². The average Bonchev–Trinajstić information content (AvgIpc) is 3.16. The van der Waals surface area contributed by atoms with E-state index < -0.39 is 0 Å². The molecular formula is C15H18N4O2. The van der Waals surface area contributed by atoms with Crippen LogP contribution in [0, 0.1) is 6.92 Å². The highest BCUT2D eigenvalue weighted by molar-refractivity contribution is 5.92. The molecule has 1 N–H and O–H groups in total. The summed E-state index contributed by atoms with van der Waals surface area (Å²) in [6, 6.07) is 4.00. The number of aromatic nitrogens is 2. The van der Waals surface area contributed by atoms with Crippen molar-refractivity contribution in [1.82, 2.24) is 15.3 Å². The van der Waals surface area contributed by atoms with Gasteiger partial charge in [0.05, 0.1) is 0 Å². The molecule has 0 aromatic carbocycles. The standard InChI is InChI=1S/C15H18N4O2/c1-11-14(18-10-21-11)15(20)17-9-12-4-5-13(16-8-12)19-6-2-3-7-19/h4-5,8,10H,2-3,6-7,9H2,1H3,(H,17,20). The highest BCUT2D eigenvalue weighted by Crippen LogP contribution is 2.17. The molecule has 2 aromatic heterocycles. The zero-order valence-corrected chi connectivity index (χ0v) is 12.0. The van der Waals surface area contributed by atoms with Crippen molar-refractivity contribution >= 4 is 11.7 Å². The number of anilines is 1. The third-order valence-electron chi connectivity index (χ3n) is 3.65. The Hall–Kier alpha value is -2.37. The molecule has 6 nitrogen and oxygen atoms in total. The van der Waals surface area contributed by atoms with E-state index in [1.165, 1.54) is 19.2 Å². The third-order valence-corrected chi connectivity index (χ3v) is 3.65. The number of carbonyl (C=O) groups excluding carboxylic acids is 1. The Bertz CT molecular complexity index is 615. The van der Waals surface area contributed by atoms with E-state index in [-0.39, 0.29) is 5.91 Å². The van der Waals surface area contributed by atoms with Crippen LogP contribution in [0.4, 0.5) is 5.82 Å². The van der Waals surface area contributed by atoms with E-state index in [0.29, 0.717) is 18.0 Å². The van der Waals surface area contributed by atoms with Crippen molar-refractivity contribution in [3.05, 3.63) is 41.7 Å². The molecular weight excluding hydrogens is 268 g/mol. The van der Waals surface area contributed by atoms with Crippen molar-refractivity contribution in [3.8, 4) is 0 Å². The van der Waals surface area contributed by atoms with Gasteiger partial charge in [-0.05, 0) is 31.4 Å². The predicted octanol–water partition coefficient (Wildman–Crippen LogP) is 1.91. The van der Waals surface area contributed by atoms with E-state index in [0.717, 1.165) is 24.5 Å². The van der Waals surface area contributed by atoms with E-state index in [1.807, 2.05) is 18.3 Å². The minimum Gasteiger partial charge on any atom is -0.448 e. The van der Waals surface area contributed by atoms with Gasteiger partial charge in [0.2, 0.25) is 0 Å². The van der Waals surface area contributed by atoms with Crippen molar-refractivity contribution < 1.29 is 9.21 Å². The van der Waals surface area contributed by atoms with Gasteiger partial charge < -0.3 is 14.6 Å². The molecule has 1 fully saturated rings. The zero-order valence-electron chi connectivity index (χ0n) is 12.0. The van der Waals surface area contributed by atoms with Crippen LogP contribution < -0.4 is 10.2 Å². The van der Waals surface area contributed by atoms with Crippen LogP contribution in [-0.4, -0.2) is 29.0 Å². The summed E-state index contributed by atoms with van der Waals surface area (Å²) < 4.78 is 5.02. The maximum Gasteiger partial charge on any atom is 0.273 e. The van der Waals surface area contributed by atoms with E-state index in [1.54, 1.807) is 6.92 Å². The Morgan fingerprint density at radius 3 is 2.76 bits per heavy atom. The van der Waals surface area contributed by atoms with Crippen LogP contribution in [0.2, 0.25) is 0 Å². The number of hydrogen-bond donors (Lipinski definition) is 1. The first-order valence-corrected chi connectivity index (χ1v) is 7.12. The third kappa shape index (κ3) is 3.04. The molecule has 3 heterocycles. The summed E-state index contributed by atoms with van der Waals surface area (Å²) in [5.41, 5.74) is 1.30. The molecule has 1 saturated heterocycles. The minimum atomic E-state index is -0.232. The van der Waals surface area contributed by atoms with E-state index >= 15 is 0 Å². The molecule has 0 aliphatic carbocycles. The maximum absolute atomic E-state index is 11.9. The fraction of sp³-hybridized carbons (Fsp3) is 0.400. The molecule has 0 atom stereocenters. The van der Waals surface area contributed by atoms with Gasteiger partial charge in [-0.25, -0.2) is 9.97 Å². The SMILES string of the molecule is Cc1ocnc1C(=O)NCc1ccc(N2CCCC2)nc1. The molecule has 0 radical (unpaired) electrons. The van der Waals surface area contributed by atoms with Crippen molar-refractivity contribution in [2.24, 2.45) is 0 Å². The monoisotopic (exact) mass is 286 g/mol. The lowest BCUT2D eigenvalue weighted by Crippen LogP contribution is -2.24. The molecule has 0 spiro atoms. The Morgan fingerprint density at radius 1 is 1.33 bits per heavy atom. The minimum absolute atomic E-state index is 0.232. The van der Waals surface area contributed by atoms with Gasteiger partial charge >= 0.3 is 0 Å². The second-order valence-corrected chi connectivity index (χ2v) is 5.16. The molecule has 0 bridgehead atoms. The predicted molar refractivity (Wildman–Crippen MR) is 78.1 cm³/mol. The Morgan fingerprint density at radius 2 is 2.14 bits per heavy atom. The van der Waals surface area contributed by atoms with E-state index in [4.69, 9.17) is 4.42 Å². The first-order chi connectivity index (χ1) is 10.2. The molecule has 110 valence electrons. The van der Waals surface area contributed by atoms with Crippen molar-refractivity contribution in [1.29, 1.82) is 0 Å². The summed E-state index contributed by atoms with van der Waals surface area (Å²) in [5.74, 6) is 1.30. The van der Waals surface area contributed by atoms with Gasteiger partial charge in [-0.1, -0.05) is 6.07 Å². The van der Waals surface area contributed by atoms with Gasteiger partial charge in [-0.3, -0.25) is 4.79 Å². The van der Waals surface area contributed by atoms with Gasteiger partial charge in [0, 0.05) is 25.8 Å². The van der Waals surface area contributed by atoms with Crippen molar-refractivity contribution in [2.75, 3.05) is 18.0 Å². The highest BCUT2D eigenvalue weighted by atomic mass is 16.3. The van der Waals surface area contributed by atoms with Gasteiger partial charge in [0.15, 0.2) is 12.1 Å². The molecule has 2 aromatic rings. The van der Waals surface area contributed by atoms with Crippen LogP contribution in [0.15, 0.2) is 29.1 Å². The number of carbonyl (C=O) groups is 1. The molecule has 1 amide bonds. The number of hydrogen-bond acceptors (Lipinski definition) is 5. The van der Waals surface area contributed by atoms with Crippen LogP contribution in [0.5, 0.6) is 0 Å². The fourth-order valence-corrected chi connectivity index (χ4v) is 2.44. The molecule has 21 heavy (non-hydrogen) atoms. The second kappa shape index (κ2) is 5.95. The molecule has 1 aliphatic rings. The number of oxazole rings is 1. The Kier molecular flexibility index (Phi) is 3.85. The lowest BCUT2D eigenvalue weighted by molar-refractivity contribution is 0.0945. The van der Waals surface area contributed by atoms with Crippen LogP contribution in [0.1, 0.15) is 34.7 Å². The summed E-state index contributed by atoms with van der Waals surface area (Å²) in [6.45, 7) is 4.30. The van der Waals surface area contributed by atoms with Crippen LogP contribution in [0.3, 0.4) is 0 Å². The number of nitrogens with zero attached hydrogens (tertiary/aromatic N) is 3.